The van der Waals surface area contributed by atoms with Gasteiger partial charge in [-0.3, -0.25) is 0 Å². The van der Waals surface area contributed by atoms with E-state index in [2.05, 4.69) is 72.8 Å². The number of hydrogen-bond donors (Lipinski definition) is 0. The van der Waals surface area contributed by atoms with Crippen molar-refractivity contribution < 1.29 is 0 Å². The smallest absolute Gasteiger partial charge is 0.00290 e. The fourth-order valence-electron chi connectivity index (χ4n) is 2.48. The van der Waals surface area contributed by atoms with Gasteiger partial charge in [-0.1, -0.05) is 72.8 Å². The van der Waals surface area contributed by atoms with Gasteiger partial charge in [0.25, 0.3) is 0 Å². The van der Waals surface area contributed by atoms with Gasteiger partial charge < -0.3 is 0 Å². The zero-order valence-electron chi connectivity index (χ0n) is 11.0. The van der Waals surface area contributed by atoms with Crippen molar-refractivity contribution in [3.63, 3.8) is 0 Å². The van der Waals surface area contributed by atoms with Crippen LogP contribution in [0.15, 0.2) is 78.4 Å². The molecule has 0 saturated carbocycles. The van der Waals surface area contributed by atoms with Gasteiger partial charge in [-0.15, -0.1) is 0 Å². The van der Waals surface area contributed by atoms with Crippen LogP contribution >= 0.6 is 0 Å². The van der Waals surface area contributed by atoms with E-state index in [-0.39, 0.29) is 0 Å². The van der Waals surface area contributed by atoms with Crippen molar-refractivity contribution >= 4 is 0 Å². The lowest BCUT2D eigenvalue weighted by Crippen LogP contribution is -1.91. The first-order chi connectivity index (χ1) is 9.42. The molecule has 2 aromatic rings. The fraction of sp³-hybridized carbons (Fsp3) is 0.158. The van der Waals surface area contributed by atoms with Crippen LogP contribution in [-0.2, 0) is 6.42 Å². The van der Waals surface area contributed by atoms with Crippen molar-refractivity contribution in [2.24, 2.45) is 0 Å². The summed E-state index contributed by atoms with van der Waals surface area (Å²) in [5.41, 5.74) is 5.40. The Morgan fingerprint density at radius 1 is 0.737 bits per heavy atom. The Morgan fingerprint density at radius 3 is 2.16 bits per heavy atom. The molecule has 0 unspecified atom stereocenters. The summed E-state index contributed by atoms with van der Waals surface area (Å²) in [6, 6.07) is 19.5. The van der Waals surface area contributed by atoms with Crippen LogP contribution < -0.4 is 0 Å². The Kier molecular flexibility index (Phi) is 3.60. The topological polar surface area (TPSA) is 0 Å². The molecule has 0 N–H and O–H groups in total. The largest absolute Gasteiger partial charge is 0.0840 e. The van der Waals surface area contributed by atoms with Crippen molar-refractivity contribution in [1.29, 1.82) is 0 Å². The number of benzene rings is 2. The van der Waals surface area contributed by atoms with E-state index in [0.717, 1.165) is 6.42 Å². The van der Waals surface area contributed by atoms with E-state index in [0.29, 0.717) is 0 Å². The van der Waals surface area contributed by atoms with Gasteiger partial charge in [0.1, 0.15) is 0 Å². The molecule has 1 aliphatic rings. The van der Waals surface area contributed by atoms with E-state index in [4.69, 9.17) is 0 Å². The zero-order chi connectivity index (χ0) is 12.9. The summed E-state index contributed by atoms with van der Waals surface area (Å²) in [5.74, 6) is 0. The van der Waals surface area contributed by atoms with Crippen LogP contribution in [0.5, 0.6) is 0 Å². The highest BCUT2D eigenvalue weighted by molar-refractivity contribution is 5.63. The van der Waals surface area contributed by atoms with E-state index < -0.39 is 0 Å². The third-order valence-corrected chi connectivity index (χ3v) is 3.54. The normalized spacial score (nSPS) is 14.2. The molecule has 0 aromatic heterocycles. The zero-order valence-corrected chi connectivity index (χ0v) is 11.0. The molecule has 0 heteroatoms. The standard InChI is InChI=1S/C19H18/c1-3-7-16(8-4-1)15-17-11-13-19(14-12-17)18-9-5-2-6-10-18/h2-3,5-14H,1,4,15H2. The number of hydrogen-bond acceptors (Lipinski definition) is 0. The first kappa shape index (κ1) is 12.0. The van der Waals surface area contributed by atoms with Crippen molar-refractivity contribution in [2.45, 2.75) is 19.3 Å². The fourth-order valence-corrected chi connectivity index (χ4v) is 2.48. The Hall–Kier alpha value is -2.08. The minimum atomic E-state index is 1.05. The molecule has 0 atom stereocenters. The average molecular weight is 246 g/mol. The molecule has 1 aliphatic carbocycles. The molecular weight excluding hydrogens is 228 g/mol. The quantitative estimate of drug-likeness (QED) is 0.700. The molecule has 19 heavy (non-hydrogen) atoms. The lowest BCUT2D eigenvalue weighted by molar-refractivity contribution is 0.994. The van der Waals surface area contributed by atoms with E-state index >= 15 is 0 Å². The molecule has 0 saturated heterocycles. The van der Waals surface area contributed by atoms with Gasteiger partial charge in [0.2, 0.25) is 0 Å². The summed E-state index contributed by atoms with van der Waals surface area (Å²) < 4.78 is 0. The Morgan fingerprint density at radius 2 is 1.47 bits per heavy atom. The minimum absolute atomic E-state index is 1.05. The van der Waals surface area contributed by atoms with Gasteiger partial charge in [0.05, 0.1) is 0 Å². The highest BCUT2D eigenvalue weighted by Crippen LogP contribution is 2.21. The maximum atomic E-state index is 2.35. The summed E-state index contributed by atoms with van der Waals surface area (Å²) in [6.45, 7) is 0. The minimum Gasteiger partial charge on any atom is -0.0840 e. The van der Waals surface area contributed by atoms with Crippen LogP contribution in [-0.4, -0.2) is 0 Å². The Bertz CT molecular complexity index is 586. The molecule has 0 heterocycles. The average Bonchev–Trinajstić information content (AvgIpc) is 2.50. The molecule has 94 valence electrons. The molecule has 0 fully saturated rings. The van der Waals surface area contributed by atoms with E-state index in [1.54, 1.807) is 0 Å². The summed E-state index contributed by atoms with van der Waals surface area (Å²) in [4.78, 5) is 0. The molecule has 0 bridgehead atoms. The molecule has 0 aliphatic heterocycles. The predicted molar refractivity (Wildman–Crippen MR) is 82.0 cm³/mol. The highest BCUT2D eigenvalue weighted by Gasteiger charge is 2.01. The van der Waals surface area contributed by atoms with Gasteiger partial charge in [0.15, 0.2) is 0 Å². The molecule has 3 rings (SSSR count). The van der Waals surface area contributed by atoms with Crippen molar-refractivity contribution in [1.82, 2.24) is 0 Å². The summed E-state index contributed by atoms with van der Waals surface area (Å²) in [5, 5.41) is 0. The maximum Gasteiger partial charge on any atom is -0.00290 e. The number of rotatable bonds is 3. The number of allylic oxidation sites excluding steroid dienone is 4. The summed E-state index contributed by atoms with van der Waals surface area (Å²) in [6.07, 6.45) is 10.3. The molecule has 0 spiro atoms. The molecule has 0 radical (unpaired) electrons. The van der Waals surface area contributed by atoms with E-state index in [1.165, 1.54) is 35.1 Å². The van der Waals surface area contributed by atoms with Gasteiger partial charge in [-0.2, -0.15) is 0 Å². The summed E-state index contributed by atoms with van der Waals surface area (Å²) >= 11 is 0. The molecule has 0 amide bonds. The second kappa shape index (κ2) is 5.71. The van der Waals surface area contributed by atoms with Crippen molar-refractivity contribution in [3.05, 3.63) is 84.0 Å². The Balaban J connectivity index is 1.76. The lowest BCUT2D eigenvalue weighted by atomic mass is 9.97. The SMILES string of the molecule is C1=CC(Cc2ccc(-c3ccccc3)cc2)=CCC1. The van der Waals surface area contributed by atoms with Gasteiger partial charge >= 0.3 is 0 Å². The lowest BCUT2D eigenvalue weighted by Gasteiger charge is -2.08. The molecule has 2 aromatic carbocycles. The first-order valence-corrected chi connectivity index (χ1v) is 6.92. The van der Waals surface area contributed by atoms with Crippen molar-refractivity contribution in [3.8, 4) is 11.1 Å². The monoisotopic (exact) mass is 246 g/mol. The van der Waals surface area contributed by atoms with Crippen LogP contribution in [0.25, 0.3) is 11.1 Å². The third kappa shape index (κ3) is 3.03. The van der Waals surface area contributed by atoms with Crippen LogP contribution in [0.3, 0.4) is 0 Å². The van der Waals surface area contributed by atoms with Crippen LogP contribution in [0, 0.1) is 0 Å². The predicted octanol–water partition coefficient (Wildman–Crippen LogP) is 5.17. The maximum absolute atomic E-state index is 2.35. The van der Waals surface area contributed by atoms with Gasteiger partial charge in [-0.05, 0) is 41.5 Å². The van der Waals surface area contributed by atoms with Crippen LogP contribution in [0.1, 0.15) is 18.4 Å². The third-order valence-electron chi connectivity index (χ3n) is 3.54. The van der Waals surface area contributed by atoms with Crippen molar-refractivity contribution in [2.75, 3.05) is 0 Å². The van der Waals surface area contributed by atoms with Gasteiger partial charge in [-0.25, -0.2) is 0 Å². The molecule has 0 nitrogen and oxygen atoms in total. The second-order valence-corrected chi connectivity index (χ2v) is 5.00. The Labute approximate surface area is 115 Å². The van der Waals surface area contributed by atoms with Gasteiger partial charge in [0, 0.05) is 0 Å². The van der Waals surface area contributed by atoms with Crippen LogP contribution in [0.2, 0.25) is 0 Å². The molecular formula is C19H18. The highest BCUT2D eigenvalue weighted by atomic mass is 14.1. The summed E-state index contributed by atoms with van der Waals surface area (Å²) in [7, 11) is 0. The van der Waals surface area contributed by atoms with E-state index in [9.17, 15) is 0 Å². The first-order valence-electron chi connectivity index (χ1n) is 6.92. The van der Waals surface area contributed by atoms with E-state index in [1.807, 2.05) is 0 Å². The second-order valence-electron chi connectivity index (χ2n) is 5.00. The van der Waals surface area contributed by atoms with Crippen LogP contribution in [0.4, 0.5) is 0 Å².